The average Bonchev–Trinajstić information content (AvgIpc) is 2.63. The minimum atomic E-state index is -2.37. The number of nitrogens with zero attached hydrogens (tertiary/aromatic N) is 1. The highest BCUT2D eigenvalue weighted by Crippen LogP contribution is 2.34. The quantitative estimate of drug-likeness (QED) is 0.351. The summed E-state index contributed by atoms with van der Waals surface area (Å²) in [5.41, 5.74) is -2.73. The number of anilines is 1. The van der Waals surface area contributed by atoms with Crippen LogP contribution in [0, 0.1) is 29.1 Å². The van der Waals surface area contributed by atoms with E-state index in [1.54, 1.807) is 0 Å². The first-order chi connectivity index (χ1) is 11.8. The summed E-state index contributed by atoms with van der Waals surface area (Å²) in [7, 11) is 1.86. The molecule has 25 heavy (non-hydrogen) atoms. The SMILES string of the molecule is COC(=O)C1=C(C(=O)OC)N(c2c(F)c(F)c(F)c(F)c2F)COC1. The van der Waals surface area contributed by atoms with Gasteiger partial charge in [-0.2, -0.15) is 0 Å². The van der Waals surface area contributed by atoms with E-state index in [9.17, 15) is 31.5 Å². The van der Waals surface area contributed by atoms with Gasteiger partial charge in [0.15, 0.2) is 23.3 Å². The number of carbonyl (C=O) groups is 2. The number of hydrogen-bond acceptors (Lipinski definition) is 6. The van der Waals surface area contributed by atoms with Crippen LogP contribution in [-0.2, 0) is 23.8 Å². The molecule has 0 fully saturated rings. The number of carbonyl (C=O) groups excluding carboxylic acids is 2. The van der Waals surface area contributed by atoms with Crippen molar-refractivity contribution in [2.45, 2.75) is 0 Å². The Morgan fingerprint density at radius 2 is 1.36 bits per heavy atom. The minimum absolute atomic E-state index is 0.317. The van der Waals surface area contributed by atoms with Gasteiger partial charge in [-0.25, -0.2) is 31.5 Å². The van der Waals surface area contributed by atoms with Gasteiger partial charge in [-0.3, -0.25) is 0 Å². The van der Waals surface area contributed by atoms with Crippen LogP contribution in [0.2, 0.25) is 0 Å². The molecule has 136 valence electrons. The van der Waals surface area contributed by atoms with E-state index < -0.39 is 71.3 Å². The number of halogens is 5. The first-order valence-corrected chi connectivity index (χ1v) is 6.52. The Hall–Kier alpha value is -2.69. The molecule has 0 saturated heterocycles. The fraction of sp³-hybridized carbons (Fsp3) is 0.286. The molecular weight excluding hydrogens is 357 g/mol. The van der Waals surface area contributed by atoms with Crippen molar-refractivity contribution >= 4 is 17.6 Å². The monoisotopic (exact) mass is 367 g/mol. The summed E-state index contributed by atoms with van der Waals surface area (Å²) in [5, 5.41) is 0. The molecule has 0 aliphatic carbocycles. The molecule has 2 rings (SSSR count). The van der Waals surface area contributed by atoms with Gasteiger partial charge in [0.1, 0.15) is 18.1 Å². The van der Waals surface area contributed by atoms with Crippen molar-refractivity contribution in [2.24, 2.45) is 0 Å². The third-order valence-corrected chi connectivity index (χ3v) is 3.29. The van der Waals surface area contributed by atoms with Gasteiger partial charge < -0.3 is 19.1 Å². The summed E-state index contributed by atoms with van der Waals surface area (Å²) in [6.45, 7) is -1.27. The molecule has 6 nitrogen and oxygen atoms in total. The van der Waals surface area contributed by atoms with Gasteiger partial charge in [-0.05, 0) is 0 Å². The molecule has 1 heterocycles. The lowest BCUT2D eigenvalue weighted by Crippen LogP contribution is -2.40. The zero-order chi connectivity index (χ0) is 18.9. The lowest BCUT2D eigenvalue weighted by Gasteiger charge is -2.31. The fourth-order valence-electron chi connectivity index (χ4n) is 2.15. The Kier molecular flexibility index (Phi) is 5.26. The normalized spacial score (nSPS) is 14.6. The van der Waals surface area contributed by atoms with Gasteiger partial charge in [-0.1, -0.05) is 0 Å². The summed E-state index contributed by atoms with van der Waals surface area (Å²) < 4.78 is 81.9. The van der Waals surface area contributed by atoms with Crippen LogP contribution >= 0.6 is 0 Å². The van der Waals surface area contributed by atoms with Crippen LogP contribution in [0.25, 0.3) is 0 Å². The summed E-state index contributed by atoms with van der Waals surface area (Å²) in [6, 6.07) is 0. The van der Waals surface area contributed by atoms with Crippen molar-refractivity contribution in [3.05, 3.63) is 40.4 Å². The van der Waals surface area contributed by atoms with Crippen LogP contribution in [0.1, 0.15) is 0 Å². The van der Waals surface area contributed by atoms with Crippen molar-refractivity contribution in [2.75, 3.05) is 32.5 Å². The minimum Gasteiger partial charge on any atom is -0.466 e. The molecule has 1 aliphatic heterocycles. The second-order valence-electron chi connectivity index (χ2n) is 4.63. The Morgan fingerprint density at radius 1 is 0.880 bits per heavy atom. The van der Waals surface area contributed by atoms with E-state index in [4.69, 9.17) is 4.74 Å². The summed E-state index contributed by atoms with van der Waals surface area (Å²) in [6.07, 6.45) is 0. The molecule has 0 saturated carbocycles. The first kappa shape index (κ1) is 18.6. The fourth-order valence-corrected chi connectivity index (χ4v) is 2.15. The number of hydrogen-bond donors (Lipinski definition) is 0. The van der Waals surface area contributed by atoms with Crippen molar-refractivity contribution in [3.63, 3.8) is 0 Å². The molecule has 1 aliphatic rings. The standard InChI is InChI=1S/C14H10F5NO5/c1-23-13(21)5-3-25-4-20(11(5)14(22)24-2)12-9(18)7(16)6(15)8(17)10(12)19/h3-4H2,1-2H3. The van der Waals surface area contributed by atoms with Crippen molar-refractivity contribution in [3.8, 4) is 0 Å². The predicted molar refractivity (Wildman–Crippen MR) is 70.6 cm³/mol. The van der Waals surface area contributed by atoms with E-state index in [0.29, 0.717) is 4.90 Å². The van der Waals surface area contributed by atoms with Crippen molar-refractivity contribution in [1.29, 1.82) is 0 Å². The summed E-state index contributed by atoms with van der Waals surface area (Å²) in [4.78, 5) is 24.0. The third kappa shape index (κ3) is 3.02. The van der Waals surface area contributed by atoms with Crippen molar-refractivity contribution < 1.29 is 45.8 Å². The number of benzene rings is 1. The van der Waals surface area contributed by atoms with Crippen molar-refractivity contribution in [1.82, 2.24) is 0 Å². The number of rotatable bonds is 3. The third-order valence-electron chi connectivity index (χ3n) is 3.29. The highest BCUT2D eigenvalue weighted by atomic mass is 19.2. The molecule has 1 aromatic rings. The van der Waals surface area contributed by atoms with Gasteiger partial charge in [0.05, 0.1) is 26.4 Å². The lowest BCUT2D eigenvalue weighted by molar-refractivity contribution is -0.140. The van der Waals surface area contributed by atoms with Gasteiger partial charge in [0.2, 0.25) is 5.82 Å². The van der Waals surface area contributed by atoms with Crippen LogP contribution in [0.3, 0.4) is 0 Å². The smallest absolute Gasteiger partial charge is 0.355 e. The number of esters is 2. The van der Waals surface area contributed by atoms with Crippen LogP contribution in [-0.4, -0.2) is 39.5 Å². The maximum Gasteiger partial charge on any atom is 0.355 e. The summed E-state index contributed by atoms with van der Waals surface area (Å²) >= 11 is 0. The topological polar surface area (TPSA) is 65.1 Å². The Morgan fingerprint density at radius 3 is 1.84 bits per heavy atom. The van der Waals surface area contributed by atoms with Crippen LogP contribution in [0.15, 0.2) is 11.3 Å². The number of ether oxygens (including phenoxy) is 3. The summed E-state index contributed by atoms with van der Waals surface area (Å²) in [5.74, 6) is -13.6. The molecule has 1 aromatic carbocycles. The second-order valence-corrected chi connectivity index (χ2v) is 4.63. The Balaban J connectivity index is 2.77. The Labute approximate surface area is 137 Å². The van der Waals surface area contributed by atoms with E-state index in [-0.39, 0.29) is 0 Å². The average molecular weight is 367 g/mol. The van der Waals surface area contributed by atoms with Gasteiger partial charge >= 0.3 is 11.9 Å². The lowest BCUT2D eigenvalue weighted by atomic mass is 10.1. The van der Waals surface area contributed by atoms with E-state index in [1.165, 1.54) is 0 Å². The highest BCUT2D eigenvalue weighted by molar-refractivity contribution is 6.03. The van der Waals surface area contributed by atoms with E-state index in [1.807, 2.05) is 0 Å². The van der Waals surface area contributed by atoms with Crippen LogP contribution in [0.4, 0.5) is 27.6 Å². The largest absolute Gasteiger partial charge is 0.466 e. The van der Waals surface area contributed by atoms with Crippen LogP contribution in [0.5, 0.6) is 0 Å². The molecule has 0 aromatic heterocycles. The van der Waals surface area contributed by atoms with E-state index >= 15 is 0 Å². The van der Waals surface area contributed by atoms with E-state index in [0.717, 1.165) is 14.2 Å². The zero-order valence-corrected chi connectivity index (χ0v) is 12.8. The molecule has 0 radical (unpaired) electrons. The van der Waals surface area contributed by atoms with E-state index in [2.05, 4.69) is 9.47 Å². The maximum absolute atomic E-state index is 14.0. The first-order valence-electron chi connectivity index (χ1n) is 6.52. The molecule has 11 heteroatoms. The van der Waals surface area contributed by atoms with Crippen LogP contribution < -0.4 is 4.90 Å². The van der Waals surface area contributed by atoms with Gasteiger partial charge in [0, 0.05) is 0 Å². The van der Waals surface area contributed by atoms with Gasteiger partial charge in [0.25, 0.3) is 0 Å². The molecule has 0 unspecified atom stereocenters. The highest BCUT2D eigenvalue weighted by Gasteiger charge is 2.38. The van der Waals surface area contributed by atoms with Gasteiger partial charge in [-0.15, -0.1) is 0 Å². The Bertz CT molecular complexity index is 750. The zero-order valence-electron chi connectivity index (χ0n) is 12.8. The second kappa shape index (κ2) is 7.05. The maximum atomic E-state index is 14.0. The molecule has 0 bridgehead atoms. The molecule has 0 amide bonds. The molecule has 0 N–H and O–H groups in total. The molecule has 0 atom stereocenters. The molecule has 0 spiro atoms. The molecular formula is C14H10F5NO5. The predicted octanol–water partition coefficient (Wildman–Crippen LogP) is 1.78. The number of methoxy groups -OCH3 is 2.